The van der Waals surface area contributed by atoms with Gasteiger partial charge < -0.3 is 0 Å². The molecule has 0 unspecified atom stereocenters. The van der Waals surface area contributed by atoms with Gasteiger partial charge in [-0.3, -0.25) is 9.59 Å². The van der Waals surface area contributed by atoms with Crippen molar-refractivity contribution in [1.82, 2.24) is 10.9 Å². The molecule has 0 fully saturated rings. The molecular formula is C26H22N4O2S2. The molecule has 0 radical (unpaired) electrons. The number of benzene rings is 2. The predicted molar refractivity (Wildman–Crippen MR) is 140 cm³/mol. The number of hydrogen-bond acceptors (Lipinski definition) is 6. The largest absolute Gasteiger partial charge is 0.271 e. The first kappa shape index (κ1) is 23.3. The van der Waals surface area contributed by atoms with Crippen molar-refractivity contribution in [1.29, 1.82) is 0 Å². The number of amides is 2. The summed E-state index contributed by atoms with van der Waals surface area (Å²) in [6, 6.07) is 18.5. The average molecular weight is 487 g/mol. The van der Waals surface area contributed by atoms with Gasteiger partial charge in [-0.15, -0.1) is 22.7 Å². The van der Waals surface area contributed by atoms with Gasteiger partial charge in [-0.2, -0.15) is 10.2 Å². The van der Waals surface area contributed by atoms with Crippen LogP contribution in [0.1, 0.15) is 41.6 Å². The number of carbonyl (C=O) groups excluding carboxylic acids is 2. The average Bonchev–Trinajstić information content (AvgIpc) is 3.46. The van der Waals surface area contributed by atoms with E-state index >= 15 is 0 Å². The lowest BCUT2D eigenvalue weighted by Crippen LogP contribution is -2.17. The highest BCUT2D eigenvalue weighted by Gasteiger charge is 2.08. The standard InChI is InChI=1S/C26H22N4O2S2/c1-17-11-13-33-23(17)15-27-29-25(31)21-7-3-19(4-8-21)20-5-9-22(10-6-20)26(32)30-28-16-24-18(2)12-14-34-24/h3-16H,1-2H3,(H,29,31)(H,30,32)/b27-15+,28-16+. The molecule has 2 aromatic heterocycles. The summed E-state index contributed by atoms with van der Waals surface area (Å²) in [6.45, 7) is 4.00. The van der Waals surface area contributed by atoms with Crippen LogP contribution in [0.2, 0.25) is 0 Å². The lowest BCUT2D eigenvalue weighted by molar-refractivity contribution is 0.0947. The topological polar surface area (TPSA) is 82.9 Å². The summed E-state index contributed by atoms with van der Waals surface area (Å²) in [5.41, 5.74) is 10.3. The Morgan fingerprint density at radius 3 is 1.35 bits per heavy atom. The van der Waals surface area contributed by atoms with Crippen LogP contribution >= 0.6 is 22.7 Å². The van der Waals surface area contributed by atoms with Crippen molar-refractivity contribution in [3.8, 4) is 11.1 Å². The van der Waals surface area contributed by atoms with Crippen molar-refractivity contribution >= 4 is 46.9 Å². The number of aryl methyl sites for hydroxylation is 2. The van der Waals surface area contributed by atoms with E-state index in [4.69, 9.17) is 0 Å². The van der Waals surface area contributed by atoms with E-state index in [0.29, 0.717) is 11.1 Å². The minimum Gasteiger partial charge on any atom is -0.267 e. The van der Waals surface area contributed by atoms with E-state index in [1.807, 2.05) is 61.0 Å². The number of thiophene rings is 2. The monoisotopic (exact) mass is 486 g/mol. The quantitative estimate of drug-likeness (QED) is 0.262. The van der Waals surface area contributed by atoms with E-state index < -0.39 is 0 Å². The SMILES string of the molecule is Cc1ccsc1/C=N/NC(=O)c1ccc(-c2ccc(C(=O)N/N=C/c3sccc3C)cc2)cc1. The normalized spacial score (nSPS) is 11.2. The molecule has 2 heterocycles. The molecule has 0 aliphatic rings. The van der Waals surface area contributed by atoms with Crippen LogP contribution in [0, 0.1) is 13.8 Å². The van der Waals surface area contributed by atoms with Gasteiger partial charge in [0.25, 0.3) is 11.8 Å². The molecule has 6 nitrogen and oxygen atoms in total. The van der Waals surface area contributed by atoms with Crippen LogP contribution < -0.4 is 10.9 Å². The summed E-state index contributed by atoms with van der Waals surface area (Å²) in [5, 5.41) is 12.0. The molecule has 0 aliphatic heterocycles. The van der Waals surface area contributed by atoms with E-state index in [9.17, 15) is 9.59 Å². The van der Waals surface area contributed by atoms with Gasteiger partial charge in [-0.25, -0.2) is 10.9 Å². The highest BCUT2D eigenvalue weighted by Crippen LogP contribution is 2.21. The predicted octanol–water partition coefficient (Wildman–Crippen LogP) is 5.62. The molecule has 0 saturated heterocycles. The Hall–Kier alpha value is -3.88. The molecule has 34 heavy (non-hydrogen) atoms. The van der Waals surface area contributed by atoms with Gasteiger partial charge in [0.1, 0.15) is 0 Å². The summed E-state index contributed by atoms with van der Waals surface area (Å²) in [7, 11) is 0. The molecule has 2 aromatic carbocycles. The zero-order valence-corrected chi connectivity index (χ0v) is 20.2. The van der Waals surface area contributed by atoms with Gasteiger partial charge in [0.05, 0.1) is 12.4 Å². The lowest BCUT2D eigenvalue weighted by Gasteiger charge is -2.05. The first-order valence-corrected chi connectivity index (χ1v) is 12.2. The third kappa shape index (κ3) is 5.72. The highest BCUT2D eigenvalue weighted by atomic mass is 32.1. The zero-order valence-electron chi connectivity index (χ0n) is 18.6. The summed E-state index contributed by atoms with van der Waals surface area (Å²) in [5.74, 6) is -0.551. The molecule has 0 atom stereocenters. The van der Waals surface area contributed by atoms with Gasteiger partial charge in [0.2, 0.25) is 0 Å². The molecule has 0 bridgehead atoms. The lowest BCUT2D eigenvalue weighted by atomic mass is 10.0. The van der Waals surface area contributed by atoms with Crippen molar-refractivity contribution < 1.29 is 9.59 Å². The van der Waals surface area contributed by atoms with Crippen LogP contribution in [0.4, 0.5) is 0 Å². The molecule has 0 saturated carbocycles. The van der Waals surface area contributed by atoms with E-state index in [-0.39, 0.29) is 11.8 Å². The molecule has 2 amide bonds. The fourth-order valence-corrected chi connectivity index (χ4v) is 4.66. The van der Waals surface area contributed by atoms with Crippen LogP contribution in [0.15, 0.2) is 81.6 Å². The first-order chi connectivity index (χ1) is 16.5. The van der Waals surface area contributed by atoms with Crippen molar-refractivity contribution in [3.63, 3.8) is 0 Å². The van der Waals surface area contributed by atoms with Gasteiger partial charge in [0, 0.05) is 20.9 Å². The van der Waals surface area contributed by atoms with Crippen LogP contribution in [0.25, 0.3) is 11.1 Å². The maximum absolute atomic E-state index is 12.3. The van der Waals surface area contributed by atoms with Crippen LogP contribution in [-0.2, 0) is 0 Å². The Morgan fingerprint density at radius 1 is 0.647 bits per heavy atom. The van der Waals surface area contributed by atoms with E-state index in [0.717, 1.165) is 32.0 Å². The molecule has 4 rings (SSSR count). The van der Waals surface area contributed by atoms with Crippen LogP contribution in [0.3, 0.4) is 0 Å². The van der Waals surface area contributed by atoms with E-state index in [2.05, 4.69) is 21.1 Å². The molecule has 8 heteroatoms. The second-order valence-electron chi connectivity index (χ2n) is 7.49. The molecule has 2 N–H and O–H groups in total. The Kier molecular flexibility index (Phi) is 7.41. The second-order valence-corrected chi connectivity index (χ2v) is 9.38. The van der Waals surface area contributed by atoms with Crippen molar-refractivity contribution in [2.75, 3.05) is 0 Å². The number of nitrogens with one attached hydrogen (secondary N) is 2. The minimum atomic E-state index is -0.276. The molecular weight excluding hydrogens is 464 g/mol. The summed E-state index contributed by atoms with van der Waals surface area (Å²) in [6.07, 6.45) is 3.30. The highest BCUT2D eigenvalue weighted by molar-refractivity contribution is 7.12. The van der Waals surface area contributed by atoms with E-state index in [1.54, 1.807) is 59.4 Å². The van der Waals surface area contributed by atoms with Crippen molar-refractivity contribution in [2.45, 2.75) is 13.8 Å². The van der Waals surface area contributed by atoms with Gasteiger partial charge in [0.15, 0.2) is 0 Å². The van der Waals surface area contributed by atoms with Gasteiger partial charge >= 0.3 is 0 Å². The number of hydrazone groups is 2. The summed E-state index contributed by atoms with van der Waals surface area (Å²) >= 11 is 3.14. The Labute approximate surface area is 205 Å². The summed E-state index contributed by atoms with van der Waals surface area (Å²) < 4.78 is 0. The van der Waals surface area contributed by atoms with Crippen molar-refractivity contribution in [2.24, 2.45) is 10.2 Å². The number of hydrogen-bond donors (Lipinski definition) is 2. The summed E-state index contributed by atoms with van der Waals surface area (Å²) in [4.78, 5) is 26.7. The smallest absolute Gasteiger partial charge is 0.267 e. The fourth-order valence-electron chi connectivity index (χ4n) is 3.09. The molecule has 0 spiro atoms. The maximum atomic E-state index is 12.3. The first-order valence-electron chi connectivity index (χ1n) is 10.5. The second kappa shape index (κ2) is 10.8. The number of nitrogens with zero attached hydrogens (tertiary/aromatic N) is 2. The van der Waals surface area contributed by atoms with Crippen LogP contribution in [0.5, 0.6) is 0 Å². The zero-order chi connectivity index (χ0) is 23.9. The fraction of sp³-hybridized carbons (Fsp3) is 0.0769. The maximum Gasteiger partial charge on any atom is 0.271 e. The Bertz CT molecular complexity index is 1240. The Balaban J connectivity index is 1.34. The Morgan fingerprint density at radius 2 is 1.03 bits per heavy atom. The molecule has 4 aromatic rings. The van der Waals surface area contributed by atoms with Crippen LogP contribution in [-0.4, -0.2) is 24.2 Å². The minimum absolute atomic E-state index is 0.276. The van der Waals surface area contributed by atoms with Gasteiger partial charge in [-0.1, -0.05) is 24.3 Å². The van der Waals surface area contributed by atoms with E-state index in [1.165, 1.54) is 0 Å². The molecule has 0 aliphatic carbocycles. The number of rotatable bonds is 7. The molecule has 170 valence electrons. The van der Waals surface area contributed by atoms with Crippen molar-refractivity contribution in [3.05, 3.63) is 103 Å². The third-order valence-corrected chi connectivity index (χ3v) is 7.03. The number of carbonyl (C=O) groups is 2. The third-order valence-electron chi connectivity index (χ3n) is 5.13. The van der Waals surface area contributed by atoms with Gasteiger partial charge in [-0.05, 0) is 83.3 Å².